The summed E-state index contributed by atoms with van der Waals surface area (Å²) in [5.41, 5.74) is 2.67. The van der Waals surface area contributed by atoms with Gasteiger partial charge in [0.2, 0.25) is 10.0 Å². The lowest BCUT2D eigenvalue weighted by molar-refractivity contribution is 0.0977. The summed E-state index contributed by atoms with van der Waals surface area (Å²) in [6.07, 6.45) is 11.4. The van der Waals surface area contributed by atoms with Gasteiger partial charge in [-0.25, -0.2) is 18.1 Å². The van der Waals surface area contributed by atoms with E-state index in [9.17, 15) is 18.0 Å². The second-order valence-electron chi connectivity index (χ2n) is 8.48. The standard InChI is InChI=1S/C27H26ClN3O5S/c1-7-9-18(10-8-2)25-16(4)24(32)20-14-15(3)13-19(26(20)36-25)17(5)29-21-11-12-22(28)30-23(21)27(33)31-37(6,34)35/h1,8-14,17,29H,2-6H3,(H,31,33)/b10-8-,18-9+/t17-/m1/s1. The van der Waals surface area contributed by atoms with Crippen LogP contribution in [0.25, 0.3) is 16.5 Å². The molecule has 1 aromatic carbocycles. The van der Waals surface area contributed by atoms with Gasteiger partial charge in [-0.1, -0.05) is 35.7 Å². The molecule has 2 N–H and O–H groups in total. The molecule has 2 heterocycles. The second kappa shape index (κ2) is 11.0. The summed E-state index contributed by atoms with van der Waals surface area (Å²) >= 11 is 5.97. The van der Waals surface area contributed by atoms with E-state index in [4.69, 9.17) is 22.4 Å². The van der Waals surface area contributed by atoms with Crippen LogP contribution in [0.2, 0.25) is 5.15 Å². The number of nitrogens with one attached hydrogen (secondary N) is 2. The van der Waals surface area contributed by atoms with Crippen LogP contribution in [0.15, 0.2) is 51.7 Å². The van der Waals surface area contributed by atoms with E-state index in [1.54, 1.807) is 25.1 Å². The van der Waals surface area contributed by atoms with Crippen molar-refractivity contribution >= 4 is 49.8 Å². The second-order valence-corrected chi connectivity index (χ2v) is 10.6. The van der Waals surface area contributed by atoms with Gasteiger partial charge in [0.1, 0.15) is 16.5 Å². The van der Waals surface area contributed by atoms with Crippen molar-refractivity contribution in [2.75, 3.05) is 11.6 Å². The Balaban J connectivity index is 2.19. The summed E-state index contributed by atoms with van der Waals surface area (Å²) in [5.74, 6) is 1.89. The average molecular weight is 540 g/mol. The van der Waals surface area contributed by atoms with Crippen LogP contribution in [-0.2, 0) is 10.0 Å². The van der Waals surface area contributed by atoms with E-state index in [2.05, 4.69) is 16.2 Å². The molecule has 0 saturated carbocycles. The van der Waals surface area contributed by atoms with Crippen LogP contribution in [0.3, 0.4) is 0 Å². The van der Waals surface area contributed by atoms with Crippen LogP contribution >= 0.6 is 11.6 Å². The molecule has 3 rings (SSSR count). The number of hydrogen-bond acceptors (Lipinski definition) is 7. The van der Waals surface area contributed by atoms with E-state index < -0.39 is 22.0 Å². The number of carbonyl (C=O) groups is 1. The highest BCUT2D eigenvalue weighted by molar-refractivity contribution is 7.89. The lowest BCUT2D eigenvalue weighted by atomic mass is 9.98. The maximum atomic E-state index is 13.3. The Labute approximate surface area is 220 Å². The third-order valence-corrected chi connectivity index (χ3v) is 6.20. The molecule has 0 aliphatic heterocycles. The Hall–Kier alpha value is -3.87. The number of hydrogen-bond donors (Lipinski definition) is 2. The van der Waals surface area contributed by atoms with Crippen LogP contribution in [-0.4, -0.2) is 25.6 Å². The normalized spacial score (nSPS) is 12.9. The van der Waals surface area contributed by atoms with Gasteiger partial charge in [0, 0.05) is 16.7 Å². The van der Waals surface area contributed by atoms with Gasteiger partial charge in [0.15, 0.2) is 11.1 Å². The predicted molar refractivity (Wildman–Crippen MR) is 147 cm³/mol. The van der Waals surface area contributed by atoms with E-state index in [1.165, 1.54) is 18.2 Å². The summed E-state index contributed by atoms with van der Waals surface area (Å²) in [7, 11) is -3.83. The highest BCUT2D eigenvalue weighted by Gasteiger charge is 2.22. The molecule has 0 unspecified atom stereocenters. The molecule has 2 aromatic heterocycles. The van der Waals surface area contributed by atoms with Crippen molar-refractivity contribution in [1.29, 1.82) is 0 Å². The molecule has 37 heavy (non-hydrogen) atoms. The van der Waals surface area contributed by atoms with Crippen LogP contribution in [0.4, 0.5) is 5.69 Å². The molecule has 1 amide bonds. The number of amides is 1. The number of benzene rings is 1. The maximum absolute atomic E-state index is 13.3. The smallest absolute Gasteiger partial charge is 0.285 e. The molecule has 0 fully saturated rings. The van der Waals surface area contributed by atoms with Gasteiger partial charge in [-0.3, -0.25) is 9.59 Å². The molecule has 0 saturated heterocycles. The van der Waals surface area contributed by atoms with Gasteiger partial charge < -0.3 is 9.73 Å². The predicted octanol–water partition coefficient (Wildman–Crippen LogP) is 4.91. The Morgan fingerprint density at radius 2 is 1.97 bits per heavy atom. The molecule has 0 aliphatic rings. The van der Waals surface area contributed by atoms with E-state index in [0.29, 0.717) is 33.4 Å². The maximum Gasteiger partial charge on any atom is 0.285 e. The first kappa shape index (κ1) is 27.7. The summed E-state index contributed by atoms with van der Waals surface area (Å²) in [4.78, 5) is 30.0. The molecule has 0 aliphatic carbocycles. The fourth-order valence-corrected chi connectivity index (χ4v) is 4.46. The van der Waals surface area contributed by atoms with E-state index >= 15 is 0 Å². The van der Waals surface area contributed by atoms with Crippen LogP contribution < -0.4 is 15.5 Å². The van der Waals surface area contributed by atoms with Gasteiger partial charge in [-0.2, -0.15) is 0 Å². The van der Waals surface area contributed by atoms with Crippen molar-refractivity contribution in [3.8, 4) is 12.3 Å². The number of aromatic nitrogens is 1. The first-order valence-corrected chi connectivity index (χ1v) is 13.5. The summed E-state index contributed by atoms with van der Waals surface area (Å²) in [6, 6.07) is 6.10. The van der Waals surface area contributed by atoms with Crippen molar-refractivity contribution in [3.63, 3.8) is 0 Å². The van der Waals surface area contributed by atoms with Crippen molar-refractivity contribution in [2.45, 2.75) is 33.7 Å². The third-order valence-electron chi connectivity index (χ3n) is 5.43. The summed E-state index contributed by atoms with van der Waals surface area (Å²) in [6.45, 7) is 7.18. The van der Waals surface area contributed by atoms with Gasteiger partial charge in [0.25, 0.3) is 5.91 Å². The number of nitrogens with zero attached hydrogens (tertiary/aromatic N) is 1. The number of allylic oxidation sites excluding steroid dienone is 4. The zero-order valence-corrected chi connectivity index (χ0v) is 22.5. The number of sulfonamides is 1. The number of aryl methyl sites for hydroxylation is 1. The molecule has 0 radical (unpaired) electrons. The number of rotatable bonds is 7. The molecular weight excluding hydrogens is 514 g/mol. The monoisotopic (exact) mass is 539 g/mol. The minimum absolute atomic E-state index is 0.0146. The fourth-order valence-electron chi connectivity index (χ4n) is 3.88. The van der Waals surface area contributed by atoms with E-state index in [-0.39, 0.29) is 22.0 Å². The fraction of sp³-hybridized carbons (Fsp3) is 0.222. The van der Waals surface area contributed by atoms with Gasteiger partial charge in [-0.05, 0) is 57.5 Å². The molecule has 3 aromatic rings. The van der Waals surface area contributed by atoms with Gasteiger partial charge >= 0.3 is 0 Å². The number of terminal acetylenes is 1. The lowest BCUT2D eigenvalue weighted by Gasteiger charge is -2.20. The quantitative estimate of drug-likeness (QED) is 0.249. The highest BCUT2D eigenvalue weighted by atomic mass is 35.5. The van der Waals surface area contributed by atoms with Crippen molar-refractivity contribution < 1.29 is 17.6 Å². The summed E-state index contributed by atoms with van der Waals surface area (Å²) < 4.78 is 31.4. The minimum Gasteiger partial charge on any atom is -0.455 e. The molecule has 8 nitrogen and oxygen atoms in total. The number of carbonyl (C=O) groups excluding carboxylic acids is 1. The molecule has 0 bridgehead atoms. The van der Waals surface area contributed by atoms with E-state index in [1.807, 2.05) is 31.6 Å². The SMILES string of the molecule is C#C/C=C(\C=C/C)c1oc2c([C@@H](C)Nc3ccc(Cl)nc3C(=O)NS(C)(=O)=O)cc(C)cc2c(=O)c1C. The first-order valence-electron chi connectivity index (χ1n) is 11.2. The highest BCUT2D eigenvalue weighted by Crippen LogP contribution is 2.31. The van der Waals surface area contributed by atoms with Gasteiger partial charge in [-0.15, -0.1) is 6.42 Å². The van der Waals surface area contributed by atoms with Crippen molar-refractivity contribution in [1.82, 2.24) is 9.71 Å². The number of fused-ring (bicyclic) bond motifs is 1. The number of pyridine rings is 1. The zero-order valence-electron chi connectivity index (χ0n) is 21.0. The first-order chi connectivity index (χ1) is 17.4. The minimum atomic E-state index is -3.83. The number of halogens is 1. The Morgan fingerprint density at radius 1 is 1.27 bits per heavy atom. The van der Waals surface area contributed by atoms with Crippen LogP contribution in [0.5, 0.6) is 0 Å². The molecular formula is C27H26ClN3O5S. The van der Waals surface area contributed by atoms with Gasteiger partial charge in [0.05, 0.1) is 23.4 Å². The topological polar surface area (TPSA) is 118 Å². The van der Waals surface area contributed by atoms with Crippen molar-refractivity contribution in [2.24, 2.45) is 0 Å². The summed E-state index contributed by atoms with van der Waals surface area (Å²) in [5, 5.41) is 3.59. The lowest BCUT2D eigenvalue weighted by Crippen LogP contribution is -2.31. The zero-order chi connectivity index (χ0) is 27.5. The molecule has 10 heteroatoms. The van der Waals surface area contributed by atoms with Crippen molar-refractivity contribution in [3.05, 3.63) is 86.0 Å². The van der Waals surface area contributed by atoms with E-state index in [0.717, 1.165) is 11.8 Å². The number of anilines is 1. The average Bonchev–Trinajstić information content (AvgIpc) is 2.81. The Morgan fingerprint density at radius 3 is 2.59 bits per heavy atom. The van der Waals surface area contributed by atoms with Crippen LogP contribution in [0.1, 0.15) is 52.8 Å². The molecule has 1 atom stereocenters. The van der Waals surface area contributed by atoms with Crippen LogP contribution in [0, 0.1) is 26.2 Å². The molecule has 192 valence electrons. The largest absolute Gasteiger partial charge is 0.455 e. The Bertz CT molecular complexity index is 1660. The Kier molecular flexibility index (Phi) is 8.26. The third kappa shape index (κ3) is 6.28. The molecule has 0 spiro atoms.